The summed E-state index contributed by atoms with van der Waals surface area (Å²) in [6.07, 6.45) is 0.738. The van der Waals surface area contributed by atoms with Crippen molar-refractivity contribution in [2.45, 2.75) is 44.6 Å². The quantitative estimate of drug-likeness (QED) is 0.290. The molecule has 3 rings (SSSR count). The van der Waals surface area contributed by atoms with E-state index in [-0.39, 0.29) is 5.78 Å². The Labute approximate surface area is 190 Å². The van der Waals surface area contributed by atoms with Crippen LogP contribution in [0.25, 0.3) is 11.0 Å². The lowest BCUT2D eigenvalue weighted by atomic mass is 9.86. The number of imidazole rings is 1. The molecule has 0 aliphatic carbocycles. The molecule has 3 aromatic rings. The fraction of sp³-hybridized carbons (Fsp3) is 0.333. The summed E-state index contributed by atoms with van der Waals surface area (Å²) in [5.41, 5.74) is 2.45. The van der Waals surface area contributed by atoms with Crippen molar-refractivity contribution in [3.63, 3.8) is 0 Å². The summed E-state index contributed by atoms with van der Waals surface area (Å²) in [7, 11) is 1.56. The molecule has 0 aliphatic heterocycles. The number of carbonyl (C=O) groups excluding carboxylic acids is 2. The van der Waals surface area contributed by atoms with Crippen molar-refractivity contribution in [3.8, 4) is 5.75 Å². The van der Waals surface area contributed by atoms with Gasteiger partial charge in [0.1, 0.15) is 18.1 Å². The molecule has 1 N–H and O–H groups in total. The molecule has 0 spiro atoms. The third-order valence-electron chi connectivity index (χ3n) is 5.17. The van der Waals surface area contributed by atoms with Crippen molar-refractivity contribution >= 4 is 40.8 Å². The molecule has 32 heavy (non-hydrogen) atoms. The third-order valence-corrected chi connectivity index (χ3v) is 6.17. The van der Waals surface area contributed by atoms with Crippen LogP contribution in [0.15, 0.2) is 41.6 Å². The summed E-state index contributed by atoms with van der Waals surface area (Å²) in [5, 5.41) is 10.6. The average Bonchev–Trinajstić information content (AvgIpc) is 3.07. The Morgan fingerprint density at radius 1 is 1.22 bits per heavy atom. The molecule has 7 nitrogen and oxygen atoms in total. The molecule has 2 aromatic carbocycles. The fourth-order valence-corrected chi connectivity index (χ4v) is 4.66. The van der Waals surface area contributed by atoms with Gasteiger partial charge in [-0.25, -0.2) is 9.78 Å². The number of hydrogen-bond acceptors (Lipinski definition) is 6. The van der Waals surface area contributed by atoms with Crippen LogP contribution < -0.4 is 4.74 Å². The van der Waals surface area contributed by atoms with Crippen molar-refractivity contribution in [2.75, 3.05) is 7.11 Å². The summed E-state index contributed by atoms with van der Waals surface area (Å²) in [6, 6.07) is 9.41. The number of carboxylic acids is 1. The molecule has 0 saturated carbocycles. The van der Waals surface area contributed by atoms with E-state index in [4.69, 9.17) is 4.74 Å². The number of hydrogen-bond donors (Lipinski definition) is 1. The van der Waals surface area contributed by atoms with Crippen LogP contribution in [0.2, 0.25) is 0 Å². The number of methoxy groups -OCH3 is 1. The summed E-state index contributed by atoms with van der Waals surface area (Å²) < 4.78 is 7.16. The van der Waals surface area contributed by atoms with Crippen molar-refractivity contribution < 1.29 is 24.2 Å². The van der Waals surface area contributed by atoms with Crippen LogP contribution in [0.5, 0.6) is 5.75 Å². The second kappa shape index (κ2) is 9.16. The number of aldehydes is 1. The first kappa shape index (κ1) is 23.5. The maximum Gasteiger partial charge on any atom is 0.327 e. The number of ether oxygens (including phenoxy) is 1. The lowest BCUT2D eigenvalue weighted by Gasteiger charge is -2.29. The van der Waals surface area contributed by atoms with Crippen LogP contribution in [0, 0.1) is 5.41 Å². The summed E-state index contributed by atoms with van der Waals surface area (Å²) >= 11 is 1.36. The number of nitrogens with zero attached hydrogens (tertiary/aromatic N) is 2. The van der Waals surface area contributed by atoms with Crippen molar-refractivity contribution in [1.29, 1.82) is 0 Å². The summed E-state index contributed by atoms with van der Waals surface area (Å²) in [5.74, 6) is 0.0458. The number of aromatic nitrogens is 2. The molecule has 1 heterocycles. The van der Waals surface area contributed by atoms with E-state index in [1.54, 1.807) is 48.1 Å². The molecule has 8 heteroatoms. The highest BCUT2D eigenvalue weighted by molar-refractivity contribution is 7.98. The van der Waals surface area contributed by atoms with Gasteiger partial charge >= 0.3 is 5.97 Å². The standard InChI is InChI=1S/C24H26N2O5S/c1-14(28)16-7-9-20(31-5)17(11-16)13-32-23-25-18-10-15(12-27)6-8-19(18)26(23)21(22(29)30)24(2,3)4/h6-12,21H,13H2,1-5H3,(H,29,30). The van der Waals surface area contributed by atoms with Crippen LogP contribution in [0.3, 0.4) is 0 Å². The first-order valence-electron chi connectivity index (χ1n) is 10.1. The predicted molar refractivity (Wildman–Crippen MR) is 124 cm³/mol. The maximum absolute atomic E-state index is 12.3. The molecule has 0 saturated heterocycles. The van der Waals surface area contributed by atoms with Crippen LogP contribution in [0.4, 0.5) is 0 Å². The largest absolute Gasteiger partial charge is 0.496 e. The second-order valence-electron chi connectivity index (χ2n) is 8.61. The number of fused-ring (bicyclic) bond motifs is 1. The molecule has 0 radical (unpaired) electrons. The van der Waals surface area contributed by atoms with Gasteiger partial charge in [-0.2, -0.15) is 0 Å². The molecular weight excluding hydrogens is 428 g/mol. The minimum atomic E-state index is -0.964. The average molecular weight is 455 g/mol. The fourth-order valence-electron chi connectivity index (χ4n) is 3.64. The zero-order valence-corrected chi connectivity index (χ0v) is 19.5. The van der Waals surface area contributed by atoms with Crippen LogP contribution in [-0.2, 0) is 10.5 Å². The van der Waals surface area contributed by atoms with Gasteiger partial charge < -0.3 is 14.4 Å². The zero-order chi connectivity index (χ0) is 23.6. The Morgan fingerprint density at radius 3 is 2.50 bits per heavy atom. The van der Waals surface area contributed by atoms with Gasteiger partial charge in [0.2, 0.25) is 0 Å². The SMILES string of the molecule is COc1ccc(C(C)=O)cc1CSc1nc2cc(C=O)ccc2n1C(C(=O)O)C(C)(C)C. The van der Waals surface area contributed by atoms with Crippen LogP contribution in [-0.4, -0.2) is 39.8 Å². The van der Waals surface area contributed by atoms with Crippen molar-refractivity contribution in [2.24, 2.45) is 5.41 Å². The Morgan fingerprint density at radius 2 is 1.94 bits per heavy atom. The van der Waals surface area contributed by atoms with E-state index >= 15 is 0 Å². The Bertz CT molecular complexity index is 1190. The van der Waals surface area contributed by atoms with Crippen molar-refractivity contribution in [1.82, 2.24) is 9.55 Å². The number of carboxylic acid groups (broad SMARTS) is 1. The van der Waals surface area contributed by atoms with Gasteiger partial charge in [-0.15, -0.1) is 0 Å². The van der Waals surface area contributed by atoms with Crippen molar-refractivity contribution in [3.05, 3.63) is 53.1 Å². The number of aliphatic carboxylic acids is 1. The maximum atomic E-state index is 12.3. The van der Waals surface area contributed by atoms with E-state index in [1.165, 1.54) is 18.7 Å². The molecule has 1 aromatic heterocycles. The number of thioether (sulfide) groups is 1. The van der Waals surface area contributed by atoms with Gasteiger partial charge in [-0.1, -0.05) is 32.5 Å². The van der Waals surface area contributed by atoms with Gasteiger partial charge in [0.05, 0.1) is 18.1 Å². The summed E-state index contributed by atoms with van der Waals surface area (Å²) in [4.78, 5) is 40.0. The predicted octanol–water partition coefficient (Wildman–Crippen LogP) is 5.02. The van der Waals surface area contributed by atoms with Gasteiger partial charge in [0.15, 0.2) is 10.9 Å². The number of benzene rings is 2. The Kier molecular flexibility index (Phi) is 6.74. The van der Waals surface area contributed by atoms with Crippen LogP contribution in [0.1, 0.15) is 60.0 Å². The minimum Gasteiger partial charge on any atom is -0.496 e. The molecule has 0 aliphatic rings. The van der Waals surface area contributed by atoms with E-state index in [0.29, 0.717) is 38.8 Å². The van der Waals surface area contributed by atoms with E-state index in [9.17, 15) is 19.5 Å². The lowest BCUT2D eigenvalue weighted by molar-refractivity contribution is -0.144. The lowest BCUT2D eigenvalue weighted by Crippen LogP contribution is -2.32. The van der Waals surface area contributed by atoms with E-state index in [0.717, 1.165) is 11.8 Å². The molecular formula is C24H26N2O5S. The highest BCUT2D eigenvalue weighted by Crippen LogP contribution is 2.39. The molecule has 1 atom stereocenters. The first-order chi connectivity index (χ1) is 15.1. The van der Waals surface area contributed by atoms with Gasteiger partial charge in [-0.05, 0) is 48.7 Å². The normalized spacial score (nSPS) is 12.5. The number of Topliss-reactive ketones (excluding diaryl/α,β-unsaturated/α-hetero) is 1. The van der Waals surface area contributed by atoms with E-state index in [1.807, 2.05) is 20.8 Å². The monoisotopic (exact) mass is 454 g/mol. The topological polar surface area (TPSA) is 98.5 Å². The number of ketones is 1. The Balaban J connectivity index is 2.12. The Hall–Kier alpha value is -3.13. The summed E-state index contributed by atoms with van der Waals surface area (Å²) in [6.45, 7) is 7.10. The highest BCUT2D eigenvalue weighted by Gasteiger charge is 2.36. The first-order valence-corrected chi connectivity index (χ1v) is 11.1. The molecule has 1 unspecified atom stereocenters. The van der Waals surface area contributed by atoms with Gasteiger partial charge in [0, 0.05) is 22.4 Å². The van der Waals surface area contributed by atoms with Crippen LogP contribution >= 0.6 is 11.8 Å². The van der Waals surface area contributed by atoms with Gasteiger partial charge in [0.25, 0.3) is 0 Å². The number of carbonyl (C=O) groups is 3. The number of rotatable bonds is 8. The molecule has 0 amide bonds. The van der Waals surface area contributed by atoms with E-state index in [2.05, 4.69) is 4.98 Å². The van der Waals surface area contributed by atoms with E-state index < -0.39 is 17.4 Å². The minimum absolute atomic E-state index is 0.0498. The molecule has 168 valence electrons. The molecule has 0 fully saturated rings. The highest BCUT2D eigenvalue weighted by atomic mass is 32.2. The smallest absolute Gasteiger partial charge is 0.327 e. The molecule has 0 bridgehead atoms. The second-order valence-corrected chi connectivity index (χ2v) is 9.55. The zero-order valence-electron chi connectivity index (χ0n) is 18.7. The van der Waals surface area contributed by atoms with Gasteiger partial charge in [-0.3, -0.25) is 9.59 Å². The third kappa shape index (κ3) is 4.70.